The van der Waals surface area contributed by atoms with Crippen molar-refractivity contribution >= 4 is 16.9 Å². The zero-order valence-electron chi connectivity index (χ0n) is 19.9. The molecule has 1 aliphatic heterocycles. The molecule has 0 atom stereocenters. The molecule has 4 rings (SSSR count). The zero-order valence-corrected chi connectivity index (χ0v) is 19.9. The molecule has 3 heterocycles. The van der Waals surface area contributed by atoms with Crippen molar-refractivity contribution in [1.29, 1.82) is 5.26 Å². The van der Waals surface area contributed by atoms with Crippen molar-refractivity contribution in [2.24, 2.45) is 7.05 Å². The Balaban J connectivity index is 1.30. The van der Waals surface area contributed by atoms with Gasteiger partial charge >= 0.3 is 0 Å². The number of piperazine rings is 1. The summed E-state index contributed by atoms with van der Waals surface area (Å²) < 4.78 is 7.69. The first kappa shape index (κ1) is 23.6. The van der Waals surface area contributed by atoms with Gasteiger partial charge in [-0.3, -0.25) is 9.69 Å². The lowest BCUT2D eigenvalue weighted by atomic mass is 10.1. The Kier molecular flexibility index (Phi) is 7.35. The fourth-order valence-electron chi connectivity index (χ4n) is 4.15. The second-order valence-electron chi connectivity index (χ2n) is 8.52. The molecule has 0 bridgehead atoms. The van der Waals surface area contributed by atoms with E-state index in [0.29, 0.717) is 24.4 Å². The van der Waals surface area contributed by atoms with E-state index in [9.17, 15) is 10.1 Å². The molecule has 0 saturated carbocycles. The first-order valence-electron chi connectivity index (χ1n) is 11.5. The standard InChI is InChI=1S/C24H30N8O2/c1-17-13-18(19-14-21-24(20(15-25)27-19)28-29-30(21)3)5-6-22(17)34-12-4-7-31-8-10-32(11-9-31)16-23(33)26-2/h5-6,13-14H,4,7-12,16H2,1-3H3,(H,26,33). The average Bonchev–Trinajstić information content (AvgIpc) is 3.23. The molecule has 1 aliphatic rings. The molecule has 1 N–H and O–H groups in total. The fourth-order valence-corrected chi connectivity index (χ4v) is 4.15. The van der Waals surface area contributed by atoms with E-state index in [4.69, 9.17) is 4.74 Å². The van der Waals surface area contributed by atoms with Crippen molar-refractivity contribution in [2.75, 3.05) is 52.9 Å². The summed E-state index contributed by atoms with van der Waals surface area (Å²) in [6.45, 7) is 7.88. The van der Waals surface area contributed by atoms with Crippen molar-refractivity contribution < 1.29 is 9.53 Å². The van der Waals surface area contributed by atoms with Crippen LogP contribution in [0.15, 0.2) is 24.3 Å². The Hall–Kier alpha value is -3.55. The molecule has 1 saturated heterocycles. The molecule has 10 heteroatoms. The van der Waals surface area contributed by atoms with Gasteiger partial charge in [-0.1, -0.05) is 5.21 Å². The predicted molar refractivity (Wildman–Crippen MR) is 128 cm³/mol. The third-order valence-corrected chi connectivity index (χ3v) is 6.16. The number of nitrogens with zero attached hydrogens (tertiary/aromatic N) is 7. The Labute approximate surface area is 199 Å². The number of aromatic nitrogens is 4. The van der Waals surface area contributed by atoms with Crippen LogP contribution >= 0.6 is 0 Å². The highest BCUT2D eigenvalue weighted by Crippen LogP contribution is 2.28. The van der Waals surface area contributed by atoms with Crippen LogP contribution in [-0.4, -0.2) is 88.6 Å². The predicted octanol–water partition coefficient (Wildman–Crippen LogP) is 1.34. The van der Waals surface area contributed by atoms with Crippen LogP contribution in [0.1, 0.15) is 17.7 Å². The van der Waals surface area contributed by atoms with E-state index in [0.717, 1.165) is 61.5 Å². The van der Waals surface area contributed by atoms with Gasteiger partial charge in [0.05, 0.1) is 24.4 Å². The molecule has 34 heavy (non-hydrogen) atoms. The van der Waals surface area contributed by atoms with Crippen LogP contribution in [0.25, 0.3) is 22.3 Å². The molecule has 0 radical (unpaired) electrons. The summed E-state index contributed by atoms with van der Waals surface area (Å²) in [4.78, 5) is 20.6. The lowest BCUT2D eigenvalue weighted by molar-refractivity contribution is -0.122. The van der Waals surface area contributed by atoms with Crippen LogP contribution in [0.5, 0.6) is 5.75 Å². The molecule has 0 aliphatic carbocycles. The molecular formula is C24H30N8O2. The van der Waals surface area contributed by atoms with Crippen LogP contribution in [0, 0.1) is 18.3 Å². The number of fused-ring (bicyclic) bond motifs is 1. The van der Waals surface area contributed by atoms with E-state index >= 15 is 0 Å². The number of hydrogen-bond donors (Lipinski definition) is 1. The van der Waals surface area contributed by atoms with E-state index in [1.807, 2.05) is 31.2 Å². The number of nitrogens with one attached hydrogen (secondary N) is 1. The lowest BCUT2D eigenvalue weighted by Crippen LogP contribution is -2.49. The number of carbonyl (C=O) groups excluding carboxylic acids is 1. The molecule has 0 spiro atoms. The van der Waals surface area contributed by atoms with Crippen LogP contribution in [0.4, 0.5) is 0 Å². The summed E-state index contributed by atoms with van der Waals surface area (Å²) in [5, 5.41) is 20.2. The SMILES string of the molecule is CNC(=O)CN1CCN(CCCOc2ccc(-c3cc4c(nnn4C)c(C#N)n3)cc2C)CC1. The summed E-state index contributed by atoms with van der Waals surface area (Å²) in [5.41, 5.74) is 4.20. The highest BCUT2D eigenvalue weighted by atomic mass is 16.5. The maximum absolute atomic E-state index is 11.5. The minimum atomic E-state index is 0.0686. The van der Waals surface area contributed by atoms with E-state index in [1.165, 1.54) is 0 Å². The van der Waals surface area contributed by atoms with Crippen LogP contribution in [-0.2, 0) is 11.8 Å². The third kappa shape index (κ3) is 5.32. The highest BCUT2D eigenvalue weighted by Gasteiger charge is 2.18. The molecular weight excluding hydrogens is 432 g/mol. The molecule has 2 aromatic heterocycles. The van der Waals surface area contributed by atoms with Crippen molar-refractivity contribution in [2.45, 2.75) is 13.3 Å². The number of amides is 1. The summed E-state index contributed by atoms with van der Waals surface area (Å²) in [6, 6.07) is 9.97. The van der Waals surface area contributed by atoms with Crippen molar-refractivity contribution in [3.63, 3.8) is 0 Å². The van der Waals surface area contributed by atoms with Gasteiger partial charge in [0.25, 0.3) is 0 Å². The van der Waals surface area contributed by atoms with Gasteiger partial charge in [-0.25, -0.2) is 9.67 Å². The fraction of sp³-hybridized carbons (Fsp3) is 0.458. The van der Waals surface area contributed by atoms with E-state index in [2.05, 4.69) is 36.5 Å². The number of carbonyl (C=O) groups is 1. The van der Waals surface area contributed by atoms with E-state index < -0.39 is 0 Å². The maximum Gasteiger partial charge on any atom is 0.233 e. The van der Waals surface area contributed by atoms with Gasteiger partial charge in [0.1, 0.15) is 17.3 Å². The Morgan fingerprint density at radius 1 is 1.21 bits per heavy atom. The Morgan fingerprint density at radius 2 is 1.97 bits per heavy atom. The normalized spacial score (nSPS) is 14.8. The first-order chi connectivity index (χ1) is 16.5. The molecule has 1 aromatic carbocycles. The second-order valence-corrected chi connectivity index (χ2v) is 8.52. The van der Waals surface area contributed by atoms with Gasteiger partial charge in [-0.05, 0) is 43.2 Å². The van der Waals surface area contributed by atoms with Crippen molar-refractivity contribution in [3.05, 3.63) is 35.5 Å². The summed E-state index contributed by atoms with van der Waals surface area (Å²) in [5.74, 6) is 0.919. The monoisotopic (exact) mass is 462 g/mol. The number of aryl methyl sites for hydroxylation is 2. The quantitative estimate of drug-likeness (QED) is 0.499. The zero-order chi connectivity index (χ0) is 24.1. The molecule has 178 valence electrons. The molecule has 0 unspecified atom stereocenters. The smallest absolute Gasteiger partial charge is 0.233 e. The molecule has 3 aromatic rings. The number of benzene rings is 1. The minimum absolute atomic E-state index is 0.0686. The number of nitriles is 1. The second kappa shape index (κ2) is 10.6. The van der Waals surface area contributed by atoms with Crippen LogP contribution in [0.2, 0.25) is 0 Å². The molecule has 10 nitrogen and oxygen atoms in total. The largest absolute Gasteiger partial charge is 0.493 e. The number of rotatable bonds is 8. The molecule has 1 amide bonds. The Morgan fingerprint density at radius 3 is 2.68 bits per heavy atom. The maximum atomic E-state index is 11.5. The summed E-state index contributed by atoms with van der Waals surface area (Å²) >= 11 is 0. The lowest BCUT2D eigenvalue weighted by Gasteiger charge is -2.34. The molecule has 1 fully saturated rings. The van der Waals surface area contributed by atoms with Crippen LogP contribution < -0.4 is 10.1 Å². The van der Waals surface area contributed by atoms with Gasteiger partial charge in [-0.15, -0.1) is 5.10 Å². The summed E-state index contributed by atoms with van der Waals surface area (Å²) in [7, 11) is 3.47. The van der Waals surface area contributed by atoms with E-state index in [-0.39, 0.29) is 11.6 Å². The topological polar surface area (TPSA) is 112 Å². The van der Waals surface area contributed by atoms with Gasteiger partial charge in [0.2, 0.25) is 5.91 Å². The summed E-state index contributed by atoms with van der Waals surface area (Å²) in [6.07, 6.45) is 0.938. The van der Waals surface area contributed by atoms with E-state index in [1.54, 1.807) is 18.8 Å². The number of ether oxygens (including phenoxy) is 1. The number of hydrogen-bond acceptors (Lipinski definition) is 8. The van der Waals surface area contributed by atoms with Crippen molar-refractivity contribution in [1.82, 2.24) is 35.1 Å². The van der Waals surface area contributed by atoms with Gasteiger partial charge in [0.15, 0.2) is 5.69 Å². The van der Waals surface area contributed by atoms with Gasteiger partial charge in [0, 0.05) is 52.4 Å². The first-order valence-corrected chi connectivity index (χ1v) is 11.5. The Bertz CT molecular complexity index is 1210. The van der Waals surface area contributed by atoms with Crippen molar-refractivity contribution in [3.8, 4) is 23.1 Å². The number of pyridine rings is 1. The number of likely N-dealkylation sites (N-methyl/N-ethyl adjacent to an activating group) is 1. The average molecular weight is 463 g/mol. The minimum Gasteiger partial charge on any atom is -0.493 e. The third-order valence-electron chi connectivity index (χ3n) is 6.16. The van der Waals surface area contributed by atoms with Gasteiger partial charge < -0.3 is 15.0 Å². The van der Waals surface area contributed by atoms with Crippen LogP contribution in [0.3, 0.4) is 0 Å². The highest BCUT2D eigenvalue weighted by molar-refractivity contribution is 5.83. The van der Waals surface area contributed by atoms with Gasteiger partial charge in [-0.2, -0.15) is 5.26 Å².